The standard InChI is InChI=1S/C62H39NS2/c1-2-18-40(19-3-1)43-20-6-13-29-56(43)63(41-34-36-46-44-21-4-7-23-48(44)61(54(46)38-41)50-25-9-14-30-57(50)64-58-31-15-10-26-51(58)61)42-35-37-47-45-22-5-8-24-49(45)62(55(47)39-42)52-27-11-16-32-59(52)65-60-33-17-12-28-53(60)62/h1-39H. The highest BCUT2D eigenvalue weighted by Gasteiger charge is 2.52. The summed E-state index contributed by atoms with van der Waals surface area (Å²) >= 11 is 3.78. The van der Waals surface area contributed by atoms with Crippen molar-refractivity contribution in [1.82, 2.24) is 0 Å². The fourth-order valence-electron chi connectivity index (χ4n) is 11.9. The van der Waals surface area contributed by atoms with Gasteiger partial charge in [-0.25, -0.2) is 0 Å². The van der Waals surface area contributed by atoms with Gasteiger partial charge in [0.05, 0.1) is 16.5 Å². The Morgan fingerprint density at radius 1 is 0.262 bits per heavy atom. The summed E-state index contributed by atoms with van der Waals surface area (Å²) in [6.45, 7) is 0. The van der Waals surface area contributed by atoms with Crippen LogP contribution in [0.2, 0.25) is 0 Å². The quantitative estimate of drug-likeness (QED) is 0.174. The number of nitrogens with zero attached hydrogens (tertiary/aromatic N) is 1. The second-order valence-corrected chi connectivity index (χ2v) is 19.6. The highest BCUT2D eigenvalue weighted by Crippen LogP contribution is 2.65. The van der Waals surface area contributed by atoms with Crippen molar-refractivity contribution in [3.05, 3.63) is 281 Å². The maximum Gasteiger partial charge on any atom is 0.0736 e. The van der Waals surface area contributed by atoms with Gasteiger partial charge in [-0.3, -0.25) is 0 Å². The van der Waals surface area contributed by atoms with Crippen LogP contribution in [0.5, 0.6) is 0 Å². The van der Waals surface area contributed by atoms with Gasteiger partial charge in [-0.15, -0.1) is 0 Å². The van der Waals surface area contributed by atoms with E-state index in [1.165, 1.54) is 97.5 Å². The predicted molar refractivity (Wildman–Crippen MR) is 269 cm³/mol. The summed E-state index contributed by atoms with van der Waals surface area (Å²) in [6, 6.07) is 89.0. The monoisotopic (exact) mass is 861 g/mol. The van der Waals surface area contributed by atoms with Gasteiger partial charge in [0.25, 0.3) is 0 Å². The molecule has 304 valence electrons. The van der Waals surface area contributed by atoms with Crippen molar-refractivity contribution in [1.29, 1.82) is 0 Å². The molecule has 2 spiro atoms. The Hall–Kier alpha value is -7.30. The molecule has 2 aliphatic carbocycles. The van der Waals surface area contributed by atoms with E-state index in [-0.39, 0.29) is 0 Å². The molecule has 0 radical (unpaired) electrons. The van der Waals surface area contributed by atoms with E-state index in [4.69, 9.17) is 0 Å². The van der Waals surface area contributed by atoms with Crippen molar-refractivity contribution in [2.75, 3.05) is 4.90 Å². The van der Waals surface area contributed by atoms with Crippen LogP contribution in [0.25, 0.3) is 33.4 Å². The molecule has 0 saturated carbocycles. The van der Waals surface area contributed by atoms with E-state index in [0.29, 0.717) is 0 Å². The van der Waals surface area contributed by atoms with Crippen molar-refractivity contribution >= 4 is 40.6 Å². The first kappa shape index (κ1) is 37.1. The van der Waals surface area contributed by atoms with E-state index in [2.05, 4.69) is 241 Å². The highest BCUT2D eigenvalue weighted by molar-refractivity contribution is 7.99. The first-order valence-electron chi connectivity index (χ1n) is 22.4. The van der Waals surface area contributed by atoms with E-state index in [1.54, 1.807) is 0 Å². The Balaban J connectivity index is 1.07. The molecule has 2 heterocycles. The van der Waals surface area contributed by atoms with Crippen LogP contribution in [0.3, 0.4) is 0 Å². The topological polar surface area (TPSA) is 3.24 Å². The third kappa shape index (κ3) is 5.03. The molecule has 0 fully saturated rings. The van der Waals surface area contributed by atoms with Gasteiger partial charge in [0.1, 0.15) is 0 Å². The minimum atomic E-state index is -0.498. The van der Waals surface area contributed by atoms with Gasteiger partial charge in [-0.1, -0.05) is 206 Å². The van der Waals surface area contributed by atoms with Gasteiger partial charge in [-0.05, 0) is 127 Å². The molecule has 65 heavy (non-hydrogen) atoms. The lowest BCUT2D eigenvalue weighted by Crippen LogP contribution is -2.32. The molecule has 0 bridgehead atoms. The van der Waals surface area contributed by atoms with E-state index in [1.807, 2.05) is 23.5 Å². The summed E-state index contributed by atoms with van der Waals surface area (Å²) in [7, 11) is 0. The Morgan fingerprint density at radius 2 is 0.600 bits per heavy atom. The zero-order valence-electron chi connectivity index (χ0n) is 35.3. The normalized spacial score (nSPS) is 14.6. The average molecular weight is 862 g/mol. The lowest BCUT2D eigenvalue weighted by Gasteiger charge is -2.40. The number of hydrogen-bond acceptors (Lipinski definition) is 3. The molecule has 0 aromatic heterocycles. The van der Waals surface area contributed by atoms with Crippen molar-refractivity contribution in [2.24, 2.45) is 0 Å². The van der Waals surface area contributed by atoms with Crippen LogP contribution in [0.1, 0.15) is 44.5 Å². The predicted octanol–water partition coefficient (Wildman–Crippen LogP) is 16.5. The van der Waals surface area contributed by atoms with Crippen molar-refractivity contribution in [2.45, 2.75) is 30.4 Å². The van der Waals surface area contributed by atoms with Crippen LogP contribution in [0, 0.1) is 0 Å². The lowest BCUT2D eigenvalue weighted by molar-refractivity contribution is 0.721. The number of para-hydroxylation sites is 1. The largest absolute Gasteiger partial charge is 0.310 e. The molecule has 0 saturated heterocycles. The minimum Gasteiger partial charge on any atom is -0.310 e. The van der Waals surface area contributed by atoms with Crippen molar-refractivity contribution in [3.63, 3.8) is 0 Å². The lowest BCUT2D eigenvalue weighted by atomic mass is 9.67. The highest BCUT2D eigenvalue weighted by atomic mass is 32.2. The Morgan fingerprint density at radius 3 is 1.05 bits per heavy atom. The van der Waals surface area contributed by atoms with Gasteiger partial charge in [0.2, 0.25) is 0 Å². The fraction of sp³-hybridized carbons (Fsp3) is 0.0323. The van der Waals surface area contributed by atoms with Gasteiger partial charge >= 0.3 is 0 Å². The Labute approximate surface area is 388 Å². The number of fused-ring (bicyclic) bond motifs is 18. The molecule has 0 atom stereocenters. The number of benzene rings is 10. The van der Waals surface area contributed by atoms with Crippen molar-refractivity contribution < 1.29 is 0 Å². The zero-order chi connectivity index (χ0) is 42.7. The maximum atomic E-state index is 2.54. The van der Waals surface area contributed by atoms with Crippen molar-refractivity contribution in [3.8, 4) is 33.4 Å². The van der Waals surface area contributed by atoms with E-state index < -0.39 is 10.8 Å². The molecular weight excluding hydrogens is 823 g/mol. The average Bonchev–Trinajstić information content (AvgIpc) is 3.82. The summed E-state index contributed by atoms with van der Waals surface area (Å²) in [5.74, 6) is 0. The number of hydrogen-bond donors (Lipinski definition) is 0. The minimum absolute atomic E-state index is 0.498. The molecule has 10 aromatic carbocycles. The molecule has 1 nitrogen and oxygen atoms in total. The Bertz CT molecular complexity index is 3300. The summed E-state index contributed by atoms with van der Waals surface area (Å²) in [5.41, 5.74) is 20.6. The van der Waals surface area contributed by atoms with Crippen LogP contribution in [0.4, 0.5) is 17.1 Å². The summed E-state index contributed by atoms with van der Waals surface area (Å²) < 4.78 is 0. The zero-order valence-corrected chi connectivity index (χ0v) is 36.9. The molecule has 2 aliphatic heterocycles. The van der Waals surface area contributed by atoms with Crippen LogP contribution < -0.4 is 4.90 Å². The molecule has 0 N–H and O–H groups in total. The smallest absolute Gasteiger partial charge is 0.0736 e. The van der Waals surface area contributed by atoms with Crippen LogP contribution in [-0.4, -0.2) is 0 Å². The second-order valence-electron chi connectivity index (χ2n) is 17.5. The molecule has 4 aliphatic rings. The summed E-state index contributed by atoms with van der Waals surface area (Å²) in [5, 5.41) is 0. The van der Waals surface area contributed by atoms with Crippen LogP contribution in [-0.2, 0) is 10.8 Å². The molecule has 0 unspecified atom stereocenters. The van der Waals surface area contributed by atoms with E-state index in [9.17, 15) is 0 Å². The number of anilines is 3. The maximum absolute atomic E-state index is 2.54. The molecule has 3 heteroatoms. The van der Waals surface area contributed by atoms with Crippen LogP contribution >= 0.6 is 23.5 Å². The van der Waals surface area contributed by atoms with Gasteiger partial charge in [-0.2, -0.15) is 0 Å². The second kappa shape index (κ2) is 14.1. The first-order valence-corrected chi connectivity index (χ1v) is 24.0. The van der Waals surface area contributed by atoms with Gasteiger partial charge in [0.15, 0.2) is 0 Å². The third-order valence-electron chi connectivity index (χ3n) is 14.4. The Kier molecular flexibility index (Phi) is 8.05. The molecular formula is C62H39NS2. The third-order valence-corrected chi connectivity index (χ3v) is 16.7. The van der Waals surface area contributed by atoms with Gasteiger partial charge in [0, 0.05) is 36.5 Å². The first-order chi connectivity index (χ1) is 32.2. The molecule has 14 rings (SSSR count). The van der Waals surface area contributed by atoms with Crippen LogP contribution in [0.15, 0.2) is 256 Å². The SMILES string of the molecule is c1ccc(-c2ccccc2N(c2ccc3c(c2)C2(c4ccccc4Sc4ccccc42)c2ccccc2-3)c2ccc3c(c2)C2(c4ccccc4Sc4ccccc42)c2ccccc2-3)cc1. The molecule has 10 aromatic rings. The summed E-state index contributed by atoms with van der Waals surface area (Å²) in [4.78, 5) is 7.77. The van der Waals surface area contributed by atoms with E-state index in [0.717, 1.165) is 17.1 Å². The number of rotatable bonds is 4. The summed E-state index contributed by atoms with van der Waals surface area (Å²) in [6.07, 6.45) is 0. The molecule has 0 amide bonds. The fourth-order valence-corrected chi connectivity index (χ4v) is 14.3. The van der Waals surface area contributed by atoms with Gasteiger partial charge < -0.3 is 4.90 Å². The van der Waals surface area contributed by atoms with E-state index >= 15 is 0 Å².